The second kappa shape index (κ2) is 4.23. The molecule has 0 radical (unpaired) electrons. The fraction of sp³-hybridized carbons (Fsp3) is 0.273. The molecule has 1 N–H and O–H groups in total. The number of carbonyl (C=O) groups is 1. The van der Waals surface area contributed by atoms with E-state index in [4.69, 9.17) is 9.84 Å². The van der Waals surface area contributed by atoms with Gasteiger partial charge in [0.15, 0.2) is 0 Å². The summed E-state index contributed by atoms with van der Waals surface area (Å²) < 4.78 is 5.19. The third kappa shape index (κ3) is 2.22. The molecule has 0 amide bonds. The molecule has 15 heavy (non-hydrogen) atoms. The van der Waals surface area contributed by atoms with Crippen LogP contribution in [0.25, 0.3) is 5.57 Å². The fourth-order valence-electron chi connectivity index (χ4n) is 1.54. The number of carboxylic acid groups (broad SMARTS) is 1. The van der Waals surface area contributed by atoms with Crippen LogP contribution < -0.4 is 0 Å². The Morgan fingerprint density at radius 2 is 2.40 bits per heavy atom. The molecule has 0 aliphatic carbocycles. The van der Waals surface area contributed by atoms with Gasteiger partial charge in [0, 0.05) is 6.20 Å². The number of ether oxygens (including phenoxy) is 1. The minimum atomic E-state index is -0.996. The molecule has 2 heterocycles. The zero-order chi connectivity index (χ0) is 10.7. The second-order valence-corrected chi connectivity index (χ2v) is 3.29. The highest BCUT2D eigenvalue weighted by atomic mass is 16.5. The number of pyridine rings is 1. The van der Waals surface area contributed by atoms with Crippen LogP contribution in [0.1, 0.15) is 22.5 Å². The van der Waals surface area contributed by atoms with Gasteiger partial charge < -0.3 is 9.84 Å². The normalized spacial score (nSPS) is 15.9. The Bertz CT molecular complexity index is 412. The average molecular weight is 205 g/mol. The molecule has 0 bridgehead atoms. The summed E-state index contributed by atoms with van der Waals surface area (Å²) in [5.74, 6) is -0.996. The van der Waals surface area contributed by atoms with E-state index >= 15 is 0 Å². The van der Waals surface area contributed by atoms with Gasteiger partial charge in [0.25, 0.3) is 0 Å². The number of rotatable bonds is 2. The Morgan fingerprint density at radius 3 is 3.07 bits per heavy atom. The van der Waals surface area contributed by atoms with E-state index in [0.29, 0.717) is 13.2 Å². The lowest BCUT2D eigenvalue weighted by molar-refractivity contribution is 0.0690. The molecule has 1 aromatic heterocycles. The van der Waals surface area contributed by atoms with Crippen molar-refractivity contribution in [3.63, 3.8) is 0 Å². The topological polar surface area (TPSA) is 59.4 Å². The standard InChI is InChI=1S/C11H11NO3/c13-11(14)10-7-9(1-4-12-10)8-2-5-15-6-3-8/h1-2,4,7H,3,5-6H2,(H,13,14). The van der Waals surface area contributed by atoms with Crippen LogP contribution in [0.4, 0.5) is 0 Å². The van der Waals surface area contributed by atoms with E-state index in [0.717, 1.165) is 17.6 Å². The number of hydrogen-bond acceptors (Lipinski definition) is 3. The van der Waals surface area contributed by atoms with Crippen LogP contribution in [0.2, 0.25) is 0 Å². The minimum absolute atomic E-state index is 0.0832. The summed E-state index contributed by atoms with van der Waals surface area (Å²) in [5, 5.41) is 8.80. The van der Waals surface area contributed by atoms with Gasteiger partial charge in [-0.1, -0.05) is 6.08 Å². The summed E-state index contributed by atoms with van der Waals surface area (Å²) in [4.78, 5) is 14.5. The lowest BCUT2D eigenvalue weighted by atomic mass is 10.0. The van der Waals surface area contributed by atoms with Gasteiger partial charge in [-0.2, -0.15) is 0 Å². The molecule has 4 heteroatoms. The summed E-state index contributed by atoms with van der Waals surface area (Å²) >= 11 is 0. The van der Waals surface area contributed by atoms with E-state index in [9.17, 15) is 4.79 Å². The Hall–Kier alpha value is -1.68. The van der Waals surface area contributed by atoms with E-state index in [1.54, 1.807) is 6.07 Å². The first-order valence-corrected chi connectivity index (χ1v) is 4.74. The molecule has 0 fully saturated rings. The largest absolute Gasteiger partial charge is 0.477 e. The molecule has 0 unspecified atom stereocenters. The first-order valence-electron chi connectivity index (χ1n) is 4.74. The molecular formula is C11H11NO3. The number of hydrogen-bond donors (Lipinski definition) is 1. The lowest BCUT2D eigenvalue weighted by Gasteiger charge is -2.13. The van der Waals surface area contributed by atoms with Crippen molar-refractivity contribution in [1.82, 2.24) is 4.98 Å². The van der Waals surface area contributed by atoms with Crippen LogP contribution >= 0.6 is 0 Å². The van der Waals surface area contributed by atoms with Crippen molar-refractivity contribution in [1.29, 1.82) is 0 Å². The van der Waals surface area contributed by atoms with Crippen molar-refractivity contribution < 1.29 is 14.6 Å². The van der Waals surface area contributed by atoms with Crippen molar-refractivity contribution in [2.45, 2.75) is 6.42 Å². The predicted molar refractivity (Wildman–Crippen MR) is 54.6 cm³/mol. The average Bonchev–Trinajstić information content (AvgIpc) is 2.30. The highest BCUT2D eigenvalue weighted by Crippen LogP contribution is 2.21. The third-order valence-electron chi connectivity index (χ3n) is 2.31. The predicted octanol–water partition coefficient (Wildman–Crippen LogP) is 1.58. The molecule has 2 rings (SSSR count). The molecule has 0 saturated carbocycles. The molecule has 1 aliphatic rings. The molecule has 0 saturated heterocycles. The van der Waals surface area contributed by atoms with E-state index in [1.807, 2.05) is 12.1 Å². The quantitative estimate of drug-likeness (QED) is 0.796. The molecular weight excluding hydrogens is 194 g/mol. The van der Waals surface area contributed by atoms with Gasteiger partial charge in [-0.3, -0.25) is 0 Å². The van der Waals surface area contributed by atoms with Crippen LogP contribution in [0, 0.1) is 0 Å². The zero-order valence-electron chi connectivity index (χ0n) is 8.14. The number of aromatic nitrogens is 1. The Labute approximate surface area is 87.2 Å². The lowest BCUT2D eigenvalue weighted by Crippen LogP contribution is -2.05. The molecule has 0 atom stereocenters. The maximum atomic E-state index is 10.7. The van der Waals surface area contributed by atoms with Gasteiger partial charge in [0.1, 0.15) is 5.69 Å². The van der Waals surface area contributed by atoms with Gasteiger partial charge in [0.05, 0.1) is 13.2 Å². The monoisotopic (exact) mass is 205 g/mol. The number of nitrogens with zero attached hydrogens (tertiary/aromatic N) is 1. The molecule has 1 aliphatic heterocycles. The second-order valence-electron chi connectivity index (χ2n) is 3.29. The summed E-state index contributed by atoms with van der Waals surface area (Å²) in [5.41, 5.74) is 2.14. The van der Waals surface area contributed by atoms with Crippen molar-refractivity contribution in [3.8, 4) is 0 Å². The highest BCUT2D eigenvalue weighted by molar-refractivity contribution is 5.86. The highest BCUT2D eigenvalue weighted by Gasteiger charge is 2.09. The number of aromatic carboxylic acids is 1. The van der Waals surface area contributed by atoms with Crippen LogP contribution in [-0.4, -0.2) is 29.3 Å². The van der Waals surface area contributed by atoms with Crippen molar-refractivity contribution in [2.24, 2.45) is 0 Å². The maximum Gasteiger partial charge on any atom is 0.354 e. The molecule has 1 aromatic rings. The van der Waals surface area contributed by atoms with E-state index in [-0.39, 0.29) is 5.69 Å². The summed E-state index contributed by atoms with van der Waals surface area (Å²) in [6.45, 7) is 1.29. The summed E-state index contributed by atoms with van der Waals surface area (Å²) in [7, 11) is 0. The van der Waals surface area contributed by atoms with Gasteiger partial charge in [0.2, 0.25) is 0 Å². The minimum Gasteiger partial charge on any atom is -0.477 e. The maximum absolute atomic E-state index is 10.7. The van der Waals surface area contributed by atoms with E-state index in [1.165, 1.54) is 6.20 Å². The Morgan fingerprint density at radius 1 is 1.53 bits per heavy atom. The van der Waals surface area contributed by atoms with E-state index < -0.39 is 5.97 Å². The van der Waals surface area contributed by atoms with Gasteiger partial charge >= 0.3 is 5.97 Å². The zero-order valence-corrected chi connectivity index (χ0v) is 8.14. The van der Waals surface area contributed by atoms with Gasteiger partial charge in [-0.05, 0) is 29.7 Å². The first-order chi connectivity index (χ1) is 7.27. The summed E-state index contributed by atoms with van der Waals surface area (Å²) in [6, 6.07) is 3.42. The smallest absolute Gasteiger partial charge is 0.354 e. The van der Waals surface area contributed by atoms with Crippen molar-refractivity contribution in [2.75, 3.05) is 13.2 Å². The van der Waals surface area contributed by atoms with Crippen LogP contribution in [-0.2, 0) is 4.74 Å². The SMILES string of the molecule is O=C(O)c1cc(C2=CCOCC2)ccn1. The van der Waals surface area contributed by atoms with Gasteiger partial charge in [-0.15, -0.1) is 0 Å². The third-order valence-corrected chi connectivity index (χ3v) is 2.31. The van der Waals surface area contributed by atoms with E-state index in [2.05, 4.69) is 4.98 Å². The van der Waals surface area contributed by atoms with Crippen LogP contribution in [0.15, 0.2) is 24.4 Å². The van der Waals surface area contributed by atoms with Crippen LogP contribution in [0.5, 0.6) is 0 Å². The Balaban J connectivity index is 2.31. The van der Waals surface area contributed by atoms with Crippen LogP contribution in [0.3, 0.4) is 0 Å². The fourth-order valence-corrected chi connectivity index (χ4v) is 1.54. The molecule has 0 spiro atoms. The Kier molecular flexibility index (Phi) is 2.78. The molecule has 0 aromatic carbocycles. The van der Waals surface area contributed by atoms with Crippen molar-refractivity contribution >= 4 is 11.5 Å². The molecule has 4 nitrogen and oxygen atoms in total. The van der Waals surface area contributed by atoms with Gasteiger partial charge in [-0.25, -0.2) is 9.78 Å². The number of carboxylic acids is 1. The molecule has 78 valence electrons. The van der Waals surface area contributed by atoms with Crippen molar-refractivity contribution in [3.05, 3.63) is 35.7 Å². The first kappa shape index (κ1) is 9.86. The summed E-state index contributed by atoms with van der Waals surface area (Å²) in [6.07, 6.45) is 4.32.